The van der Waals surface area contributed by atoms with Crippen LogP contribution in [0.25, 0.3) is 0 Å². The number of hydrogen-bond donors (Lipinski definition) is 2. The highest BCUT2D eigenvalue weighted by Crippen LogP contribution is 2.38. The predicted molar refractivity (Wildman–Crippen MR) is 153 cm³/mol. The van der Waals surface area contributed by atoms with Crippen molar-refractivity contribution in [3.05, 3.63) is 68.8 Å². The van der Waals surface area contributed by atoms with Gasteiger partial charge in [0.15, 0.2) is 6.73 Å². The van der Waals surface area contributed by atoms with Crippen molar-refractivity contribution in [2.45, 2.75) is 25.7 Å². The molecule has 12 heteroatoms. The van der Waals surface area contributed by atoms with Crippen molar-refractivity contribution in [1.29, 1.82) is 0 Å². The lowest BCUT2D eigenvalue weighted by molar-refractivity contribution is -0.119. The standard InChI is InChI=1S/C27H27Cl3N6O3/c1-16(37)31-9-12-35-10-7-17(8-11-35)19-6-5-18(13-23(19)30)33-27-32-14-20-25(34-27)39-15-36(26(20)38)24-21(28)3-2-4-22(24)29/h2-6,13-14,17H,7-12,15H2,1H3,(H,31,37)(H,32,33,34). The smallest absolute Gasteiger partial charge is 0.268 e. The number of rotatable bonds is 7. The van der Waals surface area contributed by atoms with Gasteiger partial charge in [0.25, 0.3) is 5.91 Å². The van der Waals surface area contributed by atoms with Gasteiger partial charge in [0, 0.05) is 36.9 Å². The van der Waals surface area contributed by atoms with Crippen molar-refractivity contribution in [2.24, 2.45) is 0 Å². The van der Waals surface area contributed by atoms with Gasteiger partial charge in [0.2, 0.25) is 17.7 Å². The van der Waals surface area contributed by atoms with Crippen molar-refractivity contribution in [3.8, 4) is 5.88 Å². The zero-order chi connectivity index (χ0) is 27.5. The summed E-state index contributed by atoms with van der Waals surface area (Å²) < 4.78 is 5.76. The van der Waals surface area contributed by atoms with Gasteiger partial charge in [-0.3, -0.25) is 14.5 Å². The number of para-hydroxylation sites is 1. The second-order valence-electron chi connectivity index (χ2n) is 9.45. The molecule has 3 aromatic rings. The lowest BCUT2D eigenvalue weighted by atomic mass is 9.89. The molecule has 0 aliphatic carbocycles. The van der Waals surface area contributed by atoms with Gasteiger partial charge in [0.1, 0.15) is 5.56 Å². The number of ether oxygens (including phenoxy) is 1. The molecule has 5 rings (SSSR count). The number of piperidine rings is 1. The van der Waals surface area contributed by atoms with Crippen LogP contribution in [0.2, 0.25) is 15.1 Å². The van der Waals surface area contributed by atoms with Crippen molar-refractivity contribution in [1.82, 2.24) is 20.2 Å². The molecule has 1 saturated heterocycles. The Bertz CT molecular complexity index is 1380. The summed E-state index contributed by atoms with van der Waals surface area (Å²) in [5.41, 5.74) is 2.43. The molecule has 2 aliphatic rings. The molecule has 2 aromatic carbocycles. The molecule has 2 amide bonds. The maximum absolute atomic E-state index is 13.1. The van der Waals surface area contributed by atoms with E-state index in [2.05, 4.69) is 25.5 Å². The summed E-state index contributed by atoms with van der Waals surface area (Å²) in [6.07, 6.45) is 3.42. The number of nitrogens with one attached hydrogen (secondary N) is 2. The molecule has 0 radical (unpaired) electrons. The van der Waals surface area contributed by atoms with Crippen LogP contribution in [0.4, 0.5) is 17.3 Å². The average Bonchev–Trinajstić information content (AvgIpc) is 2.90. The van der Waals surface area contributed by atoms with Crippen molar-refractivity contribution < 1.29 is 14.3 Å². The van der Waals surface area contributed by atoms with E-state index in [1.54, 1.807) is 18.2 Å². The number of hydrogen-bond acceptors (Lipinski definition) is 7. The van der Waals surface area contributed by atoms with E-state index in [1.807, 2.05) is 18.2 Å². The second-order valence-corrected chi connectivity index (χ2v) is 10.7. The van der Waals surface area contributed by atoms with Crippen molar-refractivity contribution in [2.75, 3.05) is 43.1 Å². The van der Waals surface area contributed by atoms with Gasteiger partial charge < -0.3 is 20.3 Å². The number of amides is 2. The number of carbonyl (C=O) groups excluding carboxylic acids is 2. The Morgan fingerprint density at radius 2 is 1.85 bits per heavy atom. The summed E-state index contributed by atoms with van der Waals surface area (Å²) in [5, 5.41) is 7.35. The SMILES string of the molecule is CC(=O)NCCN1CCC(c2ccc(Nc3ncc4c(n3)OCN(c3c(Cl)cccc3Cl)C4=O)cc2Cl)CC1. The van der Waals surface area contributed by atoms with E-state index in [9.17, 15) is 9.59 Å². The molecule has 39 heavy (non-hydrogen) atoms. The van der Waals surface area contributed by atoms with Crippen LogP contribution in [0, 0.1) is 0 Å². The molecule has 2 aliphatic heterocycles. The number of benzene rings is 2. The molecule has 0 saturated carbocycles. The number of fused-ring (bicyclic) bond motifs is 1. The molecule has 0 atom stereocenters. The highest BCUT2D eigenvalue weighted by molar-refractivity contribution is 6.40. The van der Waals surface area contributed by atoms with E-state index in [0.717, 1.165) is 43.7 Å². The number of nitrogens with zero attached hydrogens (tertiary/aromatic N) is 4. The summed E-state index contributed by atoms with van der Waals surface area (Å²) in [6.45, 7) is 4.89. The van der Waals surface area contributed by atoms with Gasteiger partial charge in [-0.2, -0.15) is 4.98 Å². The van der Waals surface area contributed by atoms with Crippen LogP contribution in [0.15, 0.2) is 42.6 Å². The normalized spacial score (nSPS) is 16.0. The van der Waals surface area contributed by atoms with Gasteiger partial charge in [-0.15, -0.1) is 0 Å². The first-order valence-electron chi connectivity index (χ1n) is 12.6. The number of aromatic nitrogens is 2. The highest BCUT2D eigenvalue weighted by atomic mass is 35.5. The summed E-state index contributed by atoms with van der Waals surface area (Å²) in [6, 6.07) is 10.9. The van der Waals surface area contributed by atoms with Crippen LogP contribution in [-0.4, -0.2) is 59.6 Å². The first-order valence-corrected chi connectivity index (χ1v) is 13.7. The minimum atomic E-state index is -0.355. The molecule has 3 heterocycles. The summed E-state index contributed by atoms with van der Waals surface area (Å²) in [5.74, 6) is 0.466. The summed E-state index contributed by atoms with van der Waals surface area (Å²) >= 11 is 19.2. The lowest BCUT2D eigenvalue weighted by Gasteiger charge is -2.32. The van der Waals surface area contributed by atoms with Gasteiger partial charge in [-0.05, 0) is 61.7 Å². The first kappa shape index (κ1) is 27.5. The Hall–Kier alpha value is -3.11. The first-order chi connectivity index (χ1) is 18.8. The van der Waals surface area contributed by atoms with E-state index < -0.39 is 0 Å². The molecule has 0 spiro atoms. The molecule has 9 nitrogen and oxygen atoms in total. The van der Waals surface area contributed by atoms with Gasteiger partial charge in [-0.25, -0.2) is 4.98 Å². The van der Waals surface area contributed by atoms with Crippen LogP contribution in [-0.2, 0) is 4.79 Å². The number of anilines is 3. The fourth-order valence-corrected chi connectivity index (χ4v) is 5.78. The van der Waals surface area contributed by atoms with Gasteiger partial charge in [-0.1, -0.05) is 46.9 Å². The molecular formula is C27H27Cl3N6O3. The number of carbonyl (C=O) groups is 2. The van der Waals surface area contributed by atoms with Crippen molar-refractivity contribution in [3.63, 3.8) is 0 Å². The molecule has 2 N–H and O–H groups in total. The third-order valence-corrected chi connectivity index (χ3v) is 7.79. The molecule has 1 aromatic heterocycles. The topological polar surface area (TPSA) is 99.7 Å². The molecular weight excluding hydrogens is 563 g/mol. The fourth-order valence-electron chi connectivity index (χ4n) is 4.85. The number of halogens is 3. The van der Waals surface area contributed by atoms with E-state index in [4.69, 9.17) is 39.5 Å². The Balaban J connectivity index is 1.22. The zero-order valence-electron chi connectivity index (χ0n) is 21.2. The van der Waals surface area contributed by atoms with Crippen LogP contribution < -0.4 is 20.3 Å². The summed E-state index contributed by atoms with van der Waals surface area (Å²) in [7, 11) is 0. The van der Waals surface area contributed by atoms with E-state index in [1.165, 1.54) is 18.0 Å². The van der Waals surface area contributed by atoms with E-state index in [0.29, 0.717) is 33.2 Å². The Kier molecular flexibility index (Phi) is 8.42. The van der Waals surface area contributed by atoms with E-state index >= 15 is 0 Å². The maximum Gasteiger partial charge on any atom is 0.268 e. The molecule has 0 bridgehead atoms. The molecule has 204 valence electrons. The highest BCUT2D eigenvalue weighted by Gasteiger charge is 2.31. The molecule has 0 unspecified atom stereocenters. The summed E-state index contributed by atoms with van der Waals surface area (Å²) in [4.78, 5) is 36.6. The van der Waals surface area contributed by atoms with Crippen LogP contribution in [0.5, 0.6) is 5.88 Å². The monoisotopic (exact) mass is 588 g/mol. The average molecular weight is 590 g/mol. The van der Waals surface area contributed by atoms with Gasteiger partial charge in [0.05, 0.1) is 15.7 Å². The predicted octanol–water partition coefficient (Wildman–Crippen LogP) is 5.49. The Morgan fingerprint density at radius 3 is 2.54 bits per heavy atom. The van der Waals surface area contributed by atoms with Crippen LogP contribution >= 0.6 is 34.8 Å². The minimum Gasteiger partial charge on any atom is -0.455 e. The van der Waals surface area contributed by atoms with E-state index in [-0.39, 0.29) is 35.9 Å². The minimum absolute atomic E-state index is 0.00223. The third-order valence-electron chi connectivity index (χ3n) is 6.85. The quantitative estimate of drug-likeness (QED) is 0.376. The fraction of sp³-hybridized carbons (Fsp3) is 0.333. The Labute approximate surface area is 241 Å². The third kappa shape index (κ3) is 6.22. The van der Waals surface area contributed by atoms with Crippen LogP contribution in [0.1, 0.15) is 41.6 Å². The molecule has 1 fully saturated rings. The Morgan fingerprint density at radius 1 is 1.10 bits per heavy atom. The van der Waals surface area contributed by atoms with Crippen molar-refractivity contribution >= 4 is 63.9 Å². The second kappa shape index (κ2) is 12.0. The van der Waals surface area contributed by atoms with Crippen LogP contribution in [0.3, 0.4) is 0 Å². The number of likely N-dealkylation sites (tertiary alicyclic amines) is 1. The zero-order valence-corrected chi connectivity index (χ0v) is 23.5. The van der Waals surface area contributed by atoms with Gasteiger partial charge >= 0.3 is 0 Å². The lowest BCUT2D eigenvalue weighted by Crippen LogP contribution is -2.39. The largest absolute Gasteiger partial charge is 0.455 e. The maximum atomic E-state index is 13.1.